The molecule has 4 rings (SSSR count). The molecule has 1 heterocycles. The van der Waals surface area contributed by atoms with Gasteiger partial charge in [-0.15, -0.1) is 0 Å². The van der Waals surface area contributed by atoms with Crippen LogP contribution in [0.4, 0.5) is 8.78 Å². The maximum atomic E-state index is 14.5. The minimum absolute atomic E-state index is 0.0378. The van der Waals surface area contributed by atoms with Crippen LogP contribution in [0.15, 0.2) is 77.6 Å². The number of aromatic amines is 1. The number of nitrogens with one attached hydrogen (secondary N) is 1. The van der Waals surface area contributed by atoms with Crippen LogP contribution in [-0.4, -0.2) is 21.5 Å². The van der Waals surface area contributed by atoms with E-state index in [0.29, 0.717) is 11.1 Å². The standard InChI is InChI=1S/C29H26F2N2O4/c1-29(2,3)37-28(35)25-26(36-17-18-10-5-4-6-11-18)27(34)33-23(32-25)16-19-12-7-8-13-20(19)21-14-9-15-22(30)24(21)31/h4-15H,16-17H2,1-3H3,(H,32,33,34). The van der Waals surface area contributed by atoms with E-state index in [9.17, 15) is 18.4 Å². The van der Waals surface area contributed by atoms with Crippen molar-refractivity contribution in [2.45, 2.75) is 39.4 Å². The number of aromatic nitrogens is 2. The van der Waals surface area contributed by atoms with Crippen LogP contribution in [0.3, 0.4) is 0 Å². The van der Waals surface area contributed by atoms with Crippen LogP contribution in [0, 0.1) is 11.6 Å². The van der Waals surface area contributed by atoms with E-state index in [-0.39, 0.29) is 35.9 Å². The fourth-order valence-electron chi connectivity index (χ4n) is 3.75. The summed E-state index contributed by atoms with van der Waals surface area (Å²) in [7, 11) is 0. The second kappa shape index (κ2) is 10.7. The number of nitrogens with zero attached hydrogens (tertiary/aromatic N) is 1. The van der Waals surface area contributed by atoms with Crippen LogP contribution >= 0.6 is 0 Å². The van der Waals surface area contributed by atoms with Gasteiger partial charge in [0.1, 0.15) is 18.0 Å². The molecule has 0 unspecified atom stereocenters. The largest absolute Gasteiger partial charge is 0.481 e. The Kier molecular flexibility index (Phi) is 7.47. The van der Waals surface area contributed by atoms with E-state index >= 15 is 0 Å². The first-order chi connectivity index (χ1) is 17.6. The Labute approximate surface area is 212 Å². The van der Waals surface area contributed by atoms with Crippen LogP contribution in [0.25, 0.3) is 11.1 Å². The lowest BCUT2D eigenvalue weighted by Crippen LogP contribution is -2.28. The summed E-state index contributed by atoms with van der Waals surface area (Å²) in [5.41, 5.74) is 0.129. The van der Waals surface area contributed by atoms with Crippen LogP contribution in [0.1, 0.15) is 48.2 Å². The molecule has 0 aliphatic carbocycles. The molecule has 0 aliphatic rings. The number of H-pyrrole nitrogens is 1. The highest BCUT2D eigenvalue weighted by Crippen LogP contribution is 2.29. The van der Waals surface area contributed by atoms with Crippen molar-refractivity contribution in [1.29, 1.82) is 0 Å². The van der Waals surface area contributed by atoms with E-state index in [0.717, 1.165) is 11.6 Å². The van der Waals surface area contributed by atoms with Crippen molar-refractivity contribution in [2.75, 3.05) is 0 Å². The molecule has 3 aromatic carbocycles. The first-order valence-corrected chi connectivity index (χ1v) is 11.7. The number of ether oxygens (including phenoxy) is 2. The number of rotatable bonds is 7. The molecule has 0 saturated carbocycles. The van der Waals surface area contributed by atoms with Gasteiger partial charge in [-0.2, -0.15) is 0 Å². The highest BCUT2D eigenvalue weighted by Gasteiger charge is 2.26. The summed E-state index contributed by atoms with van der Waals surface area (Å²) in [5, 5.41) is 0. The fraction of sp³-hybridized carbons (Fsp3) is 0.207. The van der Waals surface area contributed by atoms with Gasteiger partial charge in [-0.05, 0) is 43.5 Å². The van der Waals surface area contributed by atoms with E-state index in [1.807, 2.05) is 30.3 Å². The molecule has 0 bridgehead atoms. The van der Waals surface area contributed by atoms with Gasteiger partial charge in [0, 0.05) is 12.0 Å². The number of carbonyl (C=O) groups is 1. The molecule has 0 fully saturated rings. The molecule has 190 valence electrons. The molecule has 6 nitrogen and oxygen atoms in total. The molecule has 0 amide bonds. The highest BCUT2D eigenvalue weighted by molar-refractivity contribution is 5.90. The van der Waals surface area contributed by atoms with Gasteiger partial charge in [0.2, 0.25) is 5.75 Å². The molecule has 0 spiro atoms. The topological polar surface area (TPSA) is 81.3 Å². The number of carbonyl (C=O) groups excluding carboxylic acids is 1. The van der Waals surface area contributed by atoms with E-state index < -0.39 is 28.8 Å². The summed E-state index contributed by atoms with van der Waals surface area (Å²) >= 11 is 0. The second-order valence-corrected chi connectivity index (χ2v) is 9.40. The Bertz CT molecular complexity index is 1480. The lowest BCUT2D eigenvalue weighted by molar-refractivity contribution is 0.00572. The predicted octanol–water partition coefficient (Wildman–Crippen LogP) is 5.84. The summed E-state index contributed by atoms with van der Waals surface area (Å²) in [6, 6.07) is 19.9. The van der Waals surface area contributed by atoms with Crippen molar-refractivity contribution >= 4 is 5.97 Å². The lowest BCUT2D eigenvalue weighted by atomic mass is 9.97. The SMILES string of the molecule is CC(C)(C)OC(=O)c1nc(Cc2ccccc2-c2cccc(F)c2F)[nH]c(=O)c1OCc1ccccc1. The van der Waals surface area contributed by atoms with Crippen LogP contribution in [0.5, 0.6) is 5.75 Å². The molecule has 4 aromatic rings. The van der Waals surface area contributed by atoms with Gasteiger partial charge in [-0.1, -0.05) is 66.7 Å². The Morgan fingerprint density at radius 3 is 2.32 bits per heavy atom. The third-order valence-electron chi connectivity index (χ3n) is 5.36. The molecule has 0 radical (unpaired) electrons. The van der Waals surface area contributed by atoms with Gasteiger partial charge in [0.15, 0.2) is 17.3 Å². The van der Waals surface area contributed by atoms with Crippen molar-refractivity contribution in [2.24, 2.45) is 0 Å². The zero-order valence-corrected chi connectivity index (χ0v) is 20.7. The molecule has 8 heteroatoms. The summed E-state index contributed by atoms with van der Waals surface area (Å²) < 4.78 is 39.6. The van der Waals surface area contributed by atoms with Crippen molar-refractivity contribution in [3.63, 3.8) is 0 Å². The zero-order valence-electron chi connectivity index (χ0n) is 20.7. The molecule has 0 atom stereocenters. The summed E-state index contributed by atoms with van der Waals surface area (Å²) in [4.78, 5) is 33.1. The lowest BCUT2D eigenvalue weighted by Gasteiger charge is -2.20. The predicted molar refractivity (Wildman–Crippen MR) is 135 cm³/mol. The third-order valence-corrected chi connectivity index (χ3v) is 5.36. The molecular formula is C29H26F2N2O4. The van der Waals surface area contributed by atoms with Crippen LogP contribution < -0.4 is 10.3 Å². The second-order valence-electron chi connectivity index (χ2n) is 9.40. The first-order valence-electron chi connectivity index (χ1n) is 11.7. The number of esters is 1. The quantitative estimate of drug-likeness (QED) is 0.320. The van der Waals surface area contributed by atoms with E-state index in [1.165, 1.54) is 12.1 Å². The summed E-state index contributed by atoms with van der Waals surface area (Å²) in [6.07, 6.45) is 0.0378. The Hall–Kier alpha value is -4.33. The van der Waals surface area contributed by atoms with Crippen molar-refractivity contribution in [3.8, 4) is 16.9 Å². The maximum Gasteiger partial charge on any atom is 0.361 e. The molecule has 0 aliphatic heterocycles. The van der Waals surface area contributed by atoms with Gasteiger partial charge >= 0.3 is 5.97 Å². The van der Waals surface area contributed by atoms with Gasteiger partial charge in [-0.25, -0.2) is 18.6 Å². The molecular weight excluding hydrogens is 478 g/mol. The van der Waals surface area contributed by atoms with Gasteiger partial charge in [0.05, 0.1) is 0 Å². The Morgan fingerprint density at radius 2 is 1.59 bits per heavy atom. The average Bonchev–Trinajstić information content (AvgIpc) is 2.85. The Morgan fingerprint density at radius 1 is 0.919 bits per heavy atom. The number of hydrogen-bond acceptors (Lipinski definition) is 5. The fourth-order valence-corrected chi connectivity index (χ4v) is 3.75. The molecule has 1 aromatic heterocycles. The average molecular weight is 505 g/mol. The minimum atomic E-state index is -0.976. The zero-order chi connectivity index (χ0) is 26.6. The number of halogens is 2. The monoisotopic (exact) mass is 504 g/mol. The minimum Gasteiger partial charge on any atom is -0.481 e. The number of hydrogen-bond donors (Lipinski definition) is 1. The summed E-state index contributed by atoms with van der Waals surface area (Å²) in [6.45, 7) is 5.15. The van der Waals surface area contributed by atoms with Crippen LogP contribution in [0.2, 0.25) is 0 Å². The maximum absolute atomic E-state index is 14.5. The number of benzene rings is 3. The molecule has 0 saturated heterocycles. The van der Waals surface area contributed by atoms with Gasteiger partial charge in [0.25, 0.3) is 5.56 Å². The van der Waals surface area contributed by atoms with Gasteiger partial charge < -0.3 is 14.5 Å². The van der Waals surface area contributed by atoms with E-state index in [1.54, 1.807) is 45.0 Å². The van der Waals surface area contributed by atoms with Gasteiger partial charge in [-0.3, -0.25) is 4.79 Å². The highest BCUT2D eigenvalue weighted by atomic mass is 19.2. The first kappa shape index (κ1) is 25.8. The normalized spacial score (nSPS) is 11.3. The Balaban J connectivity index is 1.73. The van der Waals surface area contributed by atoms with Crippen LogP contribution in [-0.2, 0) is 17.8 Å². The van der Waals surface area contributed by atoms with E-state index in [2.05, 4.69) is 9.97 Å². The van der Waals surface area contributed by atoms with Crippen molar-refractivity contribution in [3.05, 3.63) is 117 Å². The van der Waals surface area contributed by atoms with E-state index in [4.69, 9.17) is 9.47 Å². The smallest absolute Gasteiger partial charge is 0.361 e. The summed E-state index contributed by atoms with van der Waals surface area (Å²) in [5.74, 6) is -2.87. The molecule has 37 heavy (non-hydrogen) atoms. The third kappa shape index (κ3) is 6.27. The van der Waals surface area contributed by atoms with Crippen molar-refractivity contribution < 1.29 is 23.0 Å². The molecule has 1 N–H and O–H groups in total. The van der Waals surface area contributed by atoms with Crippen molar-refractivity contribution in [1.82, 2.24) is 9.97 Å².